The van der Waals surface area contributed by atoms with Crippen LogP contribution >= 0.6 is 0 Å². The van der Waals surface area contributed by atoms with Gasteiger partial charge in [-0.25, -0.2) is 0 Å². The van der Waals surface area contributed by atoms with E-state index >= 15 is 0 Å². The van der Waals surface area contributed by atoms with Crippen molar-refractivity contribution in [3.05, 3.63) is 45.2 Å². The van der Waals surface area contributed by atoms with Gasteiger partial charge in [-0.15, -0.1) is 0 Å². The molecule has 0 spiro atoms. The number of carbonyl (C=O) groups is 4. The number of carbonyl (C=O) groups excluding carboxylic acids is 4. The molecule has 1 heterocycles. The fourth-order valence-corrected chi connectivity index (χ4v) is 6.02. The van der Waals surface area contributed by atoms with Crippen molar-refractivity contribution < 1.29 is 69.1 Å². The zero-order valence-corrected chi connectivity index (χ0v) is 22.4. The molecule has 0 amide bonds. The summed E-state index contributed by atoms with van der Waals surface area (Å²) in [6.45, 7) is 0.413. The van der Waals surface area contributed by atoms with Gasteiger partial charge in [-0.1, -0.05) is 0 Å². The summed E-state index contributed by atoms with van der Waals surface area (Å²) in [5, 5.41) is 74.7. The number of rotatable bonds is 5. The molecule has 1 aromatic carbocycles. The Morgan fingerprint density at radius 2 is 1.76 bits per heavy atom. The van der Waals surface area contributed by atoms with Gasteiger partial charge in [0.1, 0.15) is 23.7 Å². The number of Topliss-reactive ketones (excluding diaryl/α,β-unsaturated/α-hetero) is 4. The summed E-state index contributed by atoms with van der Waals surface area (Å²) in [5.41, 5.74) is -0.317. The maximum atomic E-state index is 13.8. The van der Waals surface area contributed by atoms with Crippen LogP contribution in [0.25, 0.3) is 0 Å². The van der Waals surface area contributed by atoms with Gasteiger partial charge in [0.05, 0.1) is 35.0 Å². The molecule has 1 unspecified atom stereocenters. The summed E-state index contributed by atoms with van der Waals surface area (Å²) < 4.78 is 16.4. The summed E-state index contributed by atoms with van der Waals surface area (Å²) in [7, 11) is 0.842. The lowest BCUT2D eigenvalue weighted by atomic mass is 9.70. The molecule has 1 fully saturated rings. The Hall–Kier alpha value is -3.54. The summed E-state index contributed by atoms with van der Waals surface area (Å²) in [4.78, 5) is 52.5. The van der Waals surface area contributed by atoms with Crippen LogP contribution in [-0.2, 0) is 30.2 Å². The van der Waals surface area contributed by atoms with Crippen molar-refractivity contribution in [2.45, 2.75) is 68.2 Å². The normalized spacial score (nSPS) is 34.5. The predicted octanol–water partition coefficient (Wildman–Crippen LogP) is -1.75. The molecule has 0 bridgehead atoms. The SMILES string of the molecule is COC1(O)C(=O)C(O)=CC2=C1C(=O)c1c(O)c3c(c(O)c1C2=O)C[C@@](O)(C(=O)CO)C[C@@H]3O[C@H]1C[C@H](N)[C@H](O)[C@H](C)O1. The second-order valence-electron chi connectivity index (χ2n) is 10.8. The number of methoxy groups -OCH3 is 1. The Morgan fingerprint density at radius 3 is 2.36 bits per heavy atom. The molecule has 0 saturated carbocycles. The summed E-state index contributed by atoms with van der Waals surface area (Å²) >= 11 is 0. The third-order valence-corrected chi connectivity index (χ3v) is 8.28. The molecule has 1 saturated heterocycles. The number of ketones is 4. The smallest absolute Gasteiger partial charge is 0.266 e. The van der Waals surface area contributed by atoms with Gasteiger partial charge in [-0.3, -0.25) is 19.2 Å². The molecule has 0 radical (unpaired) electrons. The van der Waals surface area contributed by atoms with E-state index in [4.69, 9.17) is 19.9 Å². The lowest BCUT2D eigenvalue weighted by molar-refractivity contribution is -0.247. The van der Waals surface area contributed by atoms with Crippen LogP contribution < -0.4 is 5.73 Å². The number of fused-ring (bicyclic) bond motifs is 2. The number of hydrogen-bond acceptors (Lipinski definition) is 15. The van der Waals surface area contributed by atoms with E-state index in [9.17, 15) is 54.9 Å². The summed E-state index contributed by atoms with van der Waals surface area (Å²) in [5.74, 6) is -11.1. The Bertz CT molecular complexity index is 1480. The maximum absolute atomic E-state index is 13.8. The Morgan fingerprint density at radius 1 is 1.12 bits per heavy atom. The zero-order valence-electron chi connectivity index (χ0n) is 22.4. The van der Waals surface area contributed by atoms with Crippen molar-refractivity contribution >= 4 is 23.1 Å². The van der Waals surface area contributed by atoms with Crippen molar-refractivity contribution in [3.63, 3.8) is 0 Å². The molecule has 4 aliphatic rings. The first-order chi connectivity index (χ1) is 19.6. The molecule has 226 valence electrons. The fourth-order valence-electron chi connectivity index (χ4n) is 6.02. The number of hydrogen-bond donors (Lipinski definition) is 8. The first-order valence-corrected chi connectivity index (χ1v) is 12.9. The van der Waals surface area contributed by atoms with Crippen LogP contribution in [0, 0.1) is 0 Å². The van der Waals surface area contributed by atoms with Crippen molar-refractivity contribution in [1.82, 2.24) is 0 Å². The molecular weight excluding hydrogens is 562 g/mol. The highest BCUT2D eigenvalue weighted by Crippen LogP contribution is 2.53. The monoisotopic (exact) mass is 591 g/mol. The van der Waals surface area contributed by atoms with E-state index < -0.39 is 124 Å². The van der Waals surface area contributed by atoms with Gasteiger partial charge in [0, 0.05) is 49.1 Å². The van der Waals surface area contributed by atoms with E-state index in [0.717, 1.165) is 7.11 Å². The van der Waals surface area contributed by atoms with Gasteiger partial charge in [-0.2, -0.15) is 0 Å². The number of aliphatic hydroxyl groups excluding tert-OH is 3. The molecule has 3 aliphatic carbocycles. The summed E-state index contributed by atoms with van der Waals surface area (Å²) in [6.07, 6.45) is -5.33. The number of nitrogens with two attached hydrogens (primary N) is 1. The summed E-state index contributed by atoms with van der Waals surface area (Å²) in [6, 6.07) is -0.810. The van der Waals surface area contributed by atoms with Gasteiger partial charge in [0.2, 0.25) is 0 Å². The minimum absolute atomic E-state index is 0.0755. The standard InChI is InChI=1S/C27H29NO14/c1-8-20(32)11(28)4-15(41-8)42-13-6-26(38,14(31)7-29)5-10-16(13)23(35)18-17(22(10)34)21(33)9-3-12(30)25(37)27(39,40-2)19(9)24(18)36/h3,8,11,13,15,20,29-30,32,34-35,38-39H,4-7,28H2,1-2H3/t8-,11-,13-,15-,20+,26-,27?/m0/s1. The van der Waals surface area contributed by atoms with E-state index in [-0.39, 0.29) is 17.5 Å². The number of aliphatic hydroxyl groups is 5. The maximum Gasteiger partial charge on any atom is 0.266 e. The lowest BCUT2D eigenvalue weighted by Crippen LogP contribution is -2.53. The van der Waals surface area contributed by atoms with Crippen molar-refractivity contribution in [2.24, 2.45) is 5.73 Å². The van der Waals surface area contributed by atoms with Crippen molar-refractivity contribution in [2.75, 3.05) is 13.7 Å². The second-order valence-corrected chi connectivity index (χ2v) is 10.8. The van der Waals surface area contributed by atoms with Gasteiger partial charge in [0.25, 0.3) is 11.6 Å². The highest BCUT2D eigenvalue weighted by Gasteiger charge is 2.56. The van der Waals surface area contributed by atoms with E-state index in [0.29, 0.717) is 6.08 Å². The van der Waals surface area contributed by atoms with E-state index in [1.165, 1.54) is 6.92 Å². The van der Waals surface area contributed by atoms with Gasteiger partial charge < -0.3 is 55.7 Å². The van der Waals surface area contributed by atoms with Gasteiger partial charge in [0.15, 0.2) is 29.4 Å². The molecule has 7 atom stereocenters. The Balaban J connectivity index is 1.71. The number of phenols is 2. The molecule has 1 aromatic rings. The predicted molar refractivity (Wildman–Crippen MR) is 135 cm³/mol. The fraction of sp³-hybridized carbons (Fsp3) is 0.481. The van der Waals surface area contributed by atoms with Crippen LogP contribution in [0.3, 0.4) is 0 Å². The first-order valence-electron chi connectivity index (χ1n) is 12.9. The molecule has 15 heteroatoms. The zero-order chi connectivity index (χ0) is 31.0. The molecule has 1 aliphatic heterocycles. The molecule has 42 heavy (non-hydrogen) atoms. The number of phenolic OH excluding ortho intramolecular Hbond substituents is 2. The van der Waals surface area contributed by atoms with Crippen molar-refractivity contribution in [1.29, 1.82) is 0 Å². The minimum Gasteiger partial charge on any atom is -0.507 e. The quantitative estimate of drug-likeness (QED) is 0.139. The van der Waals surface area contributed by atoms with Crippen LogP contribution in [0.15, 0.2) is 23.0 Å². The number of ether oxygens (including phenoxy) is 3. The van der Waals surface area contributed by atoms with E-state index in [2.05, 4.69) is 0 Å². The van der Waals surface area contributed by atoms with E-state index in [1.807, 2.05) is 0 Å². The average molecular weight is 592 g/mol. The molecular formula is C27H29NO14. The van der Waals surface area contributed by atoms with Crippen LogP contribution in [0.2, 0.25) is 0 Å². The van der Waals surface area contributed by atoms with E-state index in [1.54, 1.807) is 0 Å². The Labute approximate surface area is 237 Å². The average Bonchev–Trinajstić information content (AvgIpc) is 2.94. The number of aromatic hydroxyl groups is 2. The molecule has 9 N–H and O–H groups in total. The van der Waals surface area contributed by atoms with Crippen LogP contribution in [-0.4, -0.2) is 109 Å². The van der Waals surface area contributed by atoms with Crippen LogP contribution in [0.4, 0.5) is 0 Å². The number of benzene rings is 1. The molecule has 15 nitrogen and oxygen atoms in total. The Kier molecular flexibility index (Phi) is 7.15. The van der Waals surface area contributed by atoms with Crippen LogP contribution in [0.5, 0.6) is 11.5 Å². The second kappa shape index (κ2) is 10.0. The minimum atomic E-state index is -3.11. The molecule has 5 rings (SSSR count). The third kappa shape index (κ3) is 4.12. The van der Waals surface area contributed by atoms with Crippen LogP contribution in [0.1, 0.15) is 57.7 Å². The lowest BCUT2D eigenvalue weighted by Gasteiger charge is -2.42. The highest BCUT2D eigenvalue weighted by atomic mass is 16.7. The van der Waals surface area contributed by atoms with Crippen molar-refractivity contribution in [3.8, 4) is 11.5 Å². The third-order valence-electron chi connectivity index (χ3n) is 8.28. The first kappa shape index (κ1) is 29.9. The highest BCUT2D eigenvalue weighted by molar-refractivity contribution is 6.33. The topological polar surface area (TPSA) is 264 Å². The van der Waals surface area contributed by atoms with Gasteiger partial charge in [-0.05, 0) is 13.0 Å². The number of allylic oxidation sites excluding steroid dienone is 2. The van der Waals surface area contributed by atoms with Gasteiger partial charge >= 0.3 is 0 Å². The molecule has 0 aromatic heterocycles. The largest absolute Gasteiger partial charge is 0.507 e.